The standard InChI is InChI=1S/C18H28N2O/c1-21-17-12-18(13-17,14-19)20-9-7-16(8-10-20)11-15-5-3-2-4-6-15/h2-6,16-17H,7-14,19H2,1H3. The van der Waals surface area contributed by atoms with Gasteiger partial charge in [-0.25, -0.2) is 0 Å². The zero-order valence-corrected chi connectivity index (χ0v) is 13.1. The van der Waals surface area contributed by atoms with E-state index in [1.807, 2.05) is 7.11 Å². The van der Waals surface area contributed by atoms with Gasteiger partial charge in [0, 0.05) is 19.2 Å². The summed E-state index contributed by atoms with van der Waals surface area (Å²) in [6.07, 6.45) is 6.48. The van der Waals surface area contributed by atoms with Gasteiger partial charge in [-0.15, -0.1) is 0 Å². The van der Waals surface area contributed by atoms with Crippen molar-refractivity contribution in [2.45, 2.75) is 43.7 Å². The summed E-state index contributed by atoms with van der Waals surface area (Å²) in [6.45, 7) is 3.17. The number of nitrogens with zero attached hydrogens (tertiary/aromatic N) is 1. The molecule has 0 bridgehead atoms. The first kappa shape index (κ1) is 15.0. The summed E-state index contributed by atoms with van der Waals surface area (Å²) in [7, 11) is 1.82. The molecule has 0 spiro atoms. The first-order valence-electron chi connectivity index (χ1n) is 8.27. The zero-order valence-electron chi connectivity index (χ0n) is 13.1. The van der Waals surface area contributed by atoms with Crippen molar-refractivity contribution in [2.75, 3.05) is 26.7 Å². The Balaban J connectivity index is 1.51. The second-order valence-electron chi connectivity index (χ2n) is 6.81. The molecule has 1 heterocycles. The van der Waals surface area contributed by atoms with Gasteiger partial charge in [-0.2, -0.15) is 0 Å². The maximum absolute atomic E-state index is 6.08. The Hall–Kier alpha value is -0.900. The second kappa shape index (κ2) is 6.47. The van der Waals surface area contributed by atoms with E-state index in [0.29, 0.717) is 6.10 Å². The van der Waals surface area contributed by atoms with Crippen molar-refractivity contribution in [3.8, 4) is 0 Å². The Morgan fingerprint density at radius 3 is 2.43 bits per heavy atom. The topological polar surface area (TPSA) is 38.5 Å². The van der Waals surface area contributed by atoms with Crippen molar-refractivity contribution in [1.82, 2.24) is 4.90 Å². The molecule has 3 rings (SSSR count). The van der Waals surface area contributed by atoms with Gasteiger partial charge >= 0.3 is 0 Å². The van der Waals surface area contributed by atoms with Gasteiger partial charge in [0.2, 0.25) is 0 Å². The van der Waals surface area contributed by atoms with Crippen LogP contribution in [0, 0.1) is 5.92 Å². The van der Waals surface area contributed by atoms with Crippen molar-refractivity contribution in [1.29, 1.82) is 0 Å². The highest BCUT2D eigenvalue weighted by molar-refractivity contribution is 5.15. The van der Waals surface area contributed by atoms with E-state index in [-0.39, 0.29) is 5.54 Å². The third kappa shape index (κ3) is 3.15. The smallest absolute Gasteiger partial charge is 0.0607 e. The second-order valence-corrected chi connectivity index (χ2v) is 6.81. The Bertz CT molecular complexity index is 434. The third-order valence-electron chi connectivity index (χ3n) is 5.58. The van der Waals surface area contributed by atoms with Crippen molar-refractivity contribution in [3.05, 3.63) is 35.9 Å². The van der Waals surface area contributed by atoms with Crippen LogP contribution in [0.15, 0.2) is 30.3 Å². The van der Waals surface area contributed by atoms with Gasteiger partial charge < -0.3 is 10.5 Å². The SMILES string of the molecule is COC1CC(CN)(N2CCC(Cc3ccccc3)CC2)C1. The molecule has 0 atom stereocenters. The van der Waals surface area contributed by atoms with Gasteiger partial charge in [0.05, 0.1) is 6.10 Å². The first-order chi connectivity index (χ1) is 10.3. The number of nitrogens with two attached hydrogens (primary N) is 1. The van der Waals surface area contributed by atoms with E-state index in [2.05, 4.69) is 35.2 Å². The molecule has 116 valence electrons. The molecule has 2 fully saturated rings. The van der Waals surface area contributed by atoms with Gasteiger partial charge in [0.25, 0.3) is 0 Å². The van der Waals surface area contributed by atoms with Crippen LogP contribution in [-0.4, -0.2) is 43.3 Å². The van der Waals surface area contributed by atoms with Crippen LogP contribution in [0.25, 0.3) is 0 Å². The molecular weight excluding hydrogens is 260 g/mol. The van der Waals surface area contributed by atoms with E-state index in [1.54, 1.807) is 0 Å². The highest BCUT2D eigenvalue weighted by atomic mass is 16.5. The normalized spacial score (nSPS) is 31.0. The minimum Gasteiger partial charge on any atom is -0.381 e. The highest BCUT2D eigenvalue weighted by Crippen LogP contribution is 2.41. The largest absolute Gasteiger partial charge is 0.381 e. The number of piperidine rings is 1. The number of benzene rings is 1. The van der Waals surface area contributed by atoms with Crippen LogP contribution < -0.4 is 5.73 Å². The van der Waals surface area contributed by atoms with Crippen molar-refractivity contribution in [2.24, 2.45) is 11.7 Å². The first-order valence-corrected chi connectivity index (χ1v) is 8.27. The van der Waals surface area contributed by atoms with Crippen LogP contribution in [0.2, 0.25) is 0 Å². The summed E-state index contributed by atoms with van der Waals surface area (Å²) >= 11 is 0. The summed E-state index contributed by atoms with van der Waals surface area (Å²) in [6, 6.07) is 10.9. The lowest BCUT2D eigenvalue weighted by Crippen LogP contribution is -2.65. The molecule has 0 radical (unpaired) electrons. The minimum atomic E-state index is 0.235. The number of ether oxygens (including phenoxy) is 1. The van der Waals surface area contributed by atoms with Crippen LogP contribution in [0.1, 0.15) is 31.2 Å². The molecule has 0 aromatic heterocycles. The highest BCUT2D eigenvalue weighted by Gasteiger charge is 2.48. The Morgan fingerprint density at radius 2 is 1.86 bits per heavy atom. The van der Waals surface area contributed by atoms with Crippen LogP contribution in [0.3, 0.4) is 0 Å². The van der Waals surface area contributed by atoms with Crippen LogP contribution in [0.4, 0.5) is 0 Å². The fraction of sp³-hybridized carbons (Fsp3) is 0.667. The van der Waals surface area contributed by atoms with Crippen molar-refractivity contribution >= 4 is 0 Å². The Morgan fingerprint density at radius 1 is 1.19 bits per heavy atom. The lowest BCUT2D eigenvalue weighted by atomic mass is 9.71. The summed E-state index contributed by atoms with van der Waals surface area (Å²) in [5.41, 5.74) is 7.79. The number of hydrogen-bond donors (Lipinski definition) is 1. The van der Waals surface area contributed by atoms with Gasteiger partial charge in [-0.3, -0.25) is 4.90 Å². The Labute approximate surface area is 128 Å². The molecule has 3 nitrogen and oxygen atoms in total. The number of likely N-dealkylation sites (tertiary alicyclic amines) is 1. The third-order valence-corrected chi connectivity index (χ3v) is 5.58. The quantitative estimate of drug-likeness (QED) is 0.904. The zero-order chi connectivity index (χ0) is 14.7. The monoisotopic (exact) mass is 288 g/mol. The van der Waals surface area contributed by atoms with Crippen LogP contribution >= 0.6 is 0 Å². The van der Waals surface area contributed by atoms with Gasteiger partial charge in [0.15, 0.2) is 0 Å². The minimum absolute atomic E-state index is 0.235. The van der Waals surface area contributed by atoms with E-state index in [9.17, 15) is 0 Å². The van der Waals surface area contributed by atoms with Gasteiger partial charge in [-0.05, 0) is 56.7 Å². The summed E-state index contributed by atoms with van der Waals surface area (Å²) in [4.78, 5) is 2.64. The predicted octanol–water partition coefficient (Wildman–Crippen LogP) is 2.45. The van der Waals surface area contributed by atoms with Crippen molar-refractivity contribution < 1.29 is 4.74 Å². The maximum atomic E-state index is 6.08. The molecule has 2 aliphatic rings. The van der Waals surface area contributed by atoms with Crippen molar-refractivity contribution in [3.63, 3.8) is 0 Å². The van der Waals surface area contributed by atoms with E-state index in [4.69, 9.17) is 10.5 Å². The molecule has 1 saturated heterocycles. The van der Waals surface area contributed by atoms with Gasteiger partial charge in [-0.1, -0.05) is 30.3 Å². The number of methoxy groups -OCH3 is 1. The summed E-state index contributed by atoms with van der Waals surface area (Å²) in [5, 5.41) is 0. The molecule has 0 amide bonds. The summed E-state index contributed by atoms with van der Waals surface area (Å²) < 4.78 is 5.45. The fourth-order valence-electron chi connectivity index (χ4n) is 4.07. The molecule has 1 aromatic rings. The average molecular weight is 288 g/mol. The lowest BCUT2D eigenvalue weighted by molar-refractivity contribution is -0.0961. The lowest BCUT2D eigenvalue weighted by Gasteiger charge is -2.55. The Kier molecular flexibility index (Phi) is 4.63. The number of rotatable bonds is 5. The molecule has 2 N–H and O–H groups in total. The molecule has 1 aromatic carbocycles. The molecule has 21 heavy (non-hydrogen) atoms. The molecule has 1 aliphatic carbocycles. The number of hydrogen-bond acceptors (Lipinski definition) is 3. The molecular formula is C18H28N2O. The van der Waals surface area contributed by atoms with E-state index >= 15 is 0 Å². The van der Waals surface area contributed by atoms with E-state index < -0.39 is 0 Å². The summed E-state index contributed by atoms with van der Waals surface area (Å²) in [5.74, 6) is 0.830. The van der Waals surface area contributed by atoms with E-state index in [0.717, 1.165) is 25.3 Å². The maximum Gasteiger partial charge on any atom is 0.0607 e. The molecule has 0 unspecified atom stereocenters. The molecule has 1 saturated carbocycles. The molecule has 3 heteroatoms. The fourth-order valence-corrected chi connectivity index (χ4v) is 4.07. The predicted molar refractivity (Wildman–Crippen MR) is 86.3 cm³/mol. The van der Waals surface area contributed by atoms with Gasteiger partial charge in [0.1, 0.15) is 0 Å². The van der Waals surface area contributed by atoms with E-state index in [1.165, 1.54) is 37.9 Å². The van der Waals surface area contributed by atoms with Crippen LogP contribution in [-0.2, 0) is 11.2 Å². The molecule has 1 aliphatic heterocycles. The van der Waals surface area contributed by atoms with Crippen LogP contribution in [0.5, 0.6) is 0 Å². The average Bonchev–Trinajstić information content (AvgIpc) is 2.50.